The normalized spacial score (nSPS) is 17.1. The molecule has 1 fully saturated rings. The van der Waals surface area contributed by atoms with E-state index in [1.165, 1.54) is 18.7 Å². The van der Waals surface area contributed by atoms with Crippen LogP contribution in [0.4, 0.5) is 13.2 Å². The molecule has 5 atom stereocenters. The van der Waals surface area contributed by atoms with E-state index in [0.717, 1.165) is 0 Å². The molecular weight excluding hydrogens is 657 g/mol. The van der Waals surface area contributed by atoms with Gasteiger partial charge < -0.3 is 42.1 Å². The lowest BCUT2D eigenvalue weighted by Crippen LogP contribution is -2.58. The summed E-state index contributed by atoms with van der Waals surface area (Å²) in [7, 11) is 0. The highest BCUT2D eigenvalue weighted by Crippen LogP contribution is 2.21. The summed E-state index contributed by atoms with van der Waals surface area (Å²) in [4.78, 5) is 92.9. The zero-order valence-electron chi connectivity index (χ0n) is 28.8. The number of halogens is 3. The second-order valence-corrected chi connectivity index (χ2v) is 12.8. The second-order valence-electron chi connectivity index (χ2n) is 12.8. The van der Waals surface area contributed by atoms with Gasteiger partial charge in [-0.2, -0.15) is 18.7 Å². The zero-order chi connectivity index (χ0) is 37.5. The van der Waals surface area contributed by atoms with Gasteiger partial charge in [-0.25, -0.2) is 4.79 Å². The van der Waals surface area contributed by atoms with Crippen LogP contribution >= 0.6 is 0 Å². The molecular formula is C30H51F3N8O8. The molecule has 1 aliphatic heterocycles. The third-order valence-electron chi connectivity index (χ3n) is 7.26. The van der Waals surface area contributed by atoms with Gasteiger partial charge >= 0.3 is 12.1 Å². The summed E-state index contributed by atoms with van der Waals surface area (Å²) < 4.78 is 36.6. The van der Waals surface area contributed by atoms with Crippen molar-refractivity contribution in [1.82, 2.24) is 37.0 Å². The van der Waals surface area contributed by atoms with Crippen LogP contribution in [0, 0.1) is 11.8 Å². The predicted molar refractivity (Wildman–Crippen MR) is 170 cm³/mol. The van der Waals surface area contributed by atoms with Crippen LogP contribution in [0.5, 0.6) is 0 Å². The number of hydrogen-bond acceptors (Lipinski definition) is 10. The fourth-order valence-electron chi connectivity index (χ4n) is 4.81. The summed E-state index contributed by atoms with van der Waals surface area (Å²) in [6.07, 6.45) is -3.67. The van der Waals surface area contributed by atoms with Crippen LogP contribution < -0.4 is 37.8 Å². The first kappa shape index (κ1) is 43.0. The molecule has 6 amide bonds. The van der Waals surface area contributed by atoms with Crippen molar-refractivity contribution in [2.45, 2.75) is 110 Å². The van der Waals surface area contributed by atoms with Gasteiger partial charge in [0.15, 0.2) is 0 Å². The van der Waals surface area contributed by atoms with Crippen molar-refractivity contribution in [3.05, 3.63) is 0 Å². The molecule has 1 aliphatic rings. The van der Waals surface area contributed by atoms with E-state index < -0.39 is 84.3 Å². The Bertz CT molecular complexity index is 1170. The van der Waals surface area contributed by atoms with E-state index in [4.69, 9.17) is 5.73 Å². The van der Waals surface area contributed by atoms with Crippen molar-refractivity contribution in [2.24, 2.45) is 17.6 Å². The lowest BCUT2D eigenvalue weighted by atomic mass is 10.0. The molecule has 0 spiro atoms. The number of nitrogens with zero attached hydrogens (tertiary/aromatic N) is 1. The molecule has 0 aromatic carbocycles. The number of amides is 6. The van der Waals surface area contributed by atoms with E-state index in [0.29, 0.717) is 12.8 Å². The Kier molecular flexibility index (Phi) is 18.0. The first-order valence-corrected chi connectivity index (χ1v) is 16.3. The van der Waals surface area contributed by atoms with Crippen molar-refractivity contribution in [3.8, 4) is 0 Å². The van der Waals surface area contributed by atoms with Gasteiger partial charge in [-0.1, -0.05) is 27.7 Å². The molecule has 0 saturated carbocycles. The average Bonchev–Trinajstić information content (AvgIpc) is 3.49. The van der Waals surface area contributed by atoms with Gasteiger partial charge in [0.2, 0.25) is 35.4 Å². The van der Waals surface area contributed by atoms with E-state index in [9.17, 15) is 46.7 Å². The standard InChI is InChI=1S/C30H51F3N8O8/c1-16(2)13-20(39-23(42)15-36-24(43)18(5)34)26(45)38-19(6)25(44)40-21(14-17(3)4)28(47)41-12-7-9-22(41)27(46)35-10-8-11-37-49-29(48)30(31,32)33/h16-22,37H,7-15,34H2,1-6H3,(H,35,46)(H,36,43)(H,38,45)(H,39,42)(H,40,44)/t18-,19-,20-,21-,22-/m0/s1. The summed E-state index contributed by atoms with van der Waals surface area (Å²) in [6, 6.07) is -4.81. The SMILES string of the molecule is CC(C)C[C@H](NC(=O)CNC(=O)[C@H](C)N)C(=O)N[C@@H](C)C(=O)N[C@@H](CC(C)C)C(=O)N1CCC[C@H]1C(=O)NCCCNOC(=O)C(F)(F)F. The molecule has 0 radical (unpaired) electrons. The van der Waals surface area contributed by atoms with Crippen LogP contribution in [0.3, 0.4) is 0 Å². The quantitative estimate of drug-likeness (QED) is 0.0648. The van der Waals surface area contributed by atoms with E-state index in [-0.39, 0.29) is 50.7 Å². The molecule has 0 aliphatic carbocycles. The maximum absolute atomic E-state index is 13.6. The molecule has 0 unspecified atom stereocenters. The van der Waals surface area contributed by atoms with Gasteiger partial charge in [0.1, 0.15) is 24.2 Å². The van der Waals surface area contributed by atoms with E-state index >= 15 is 0 Å². The lowest BCUT2D eigenvalue weighted by Gasteiger charge is -2.30. The van der Waals surface area contributed by atoms with Gasteiger partial charge in [-0.15, -0.1) is 0 Å². The predicted octanol–water partition coefficient (Wildman–Crippen LogP) is -0.876. The highest BCUT2D eigenvalue weighted by atomic mass is 19.4. The highest BCUT2D eigenvalue weighted by Gasteiger charge is 2.41. The maximum atomic E-state index is 13.6. The molecule has 1 saturated heterocycles. The third-order valence-corrected chi connectivity index (χ3v) is 7.26. The number of hydrogen-bond donors (Lipinski definition) is 7. The summed E-state index contributed by atoms with van der Waals surface area (Å²) in [5.41, 5.74) is 7.36. The Labute approximate surface area is 283 Å². The fourth-order valence-corrected chi connectivity index (χ4v) is 4.81. The van der Waals surface area contributed by atoms with E-state index in [1.807, 2.05) is 33.2 Å². The second kappa shape index (κ2) is 20.5. The molecule has 49 heavy (non-hydrogen) atoms. The molecule has 0 aromatic heterocycles. The van der Waals surface area contributed by atoms with Crippen LogP contribution in [0.15, 0.2) is 0 Å². The monoisotopic (exact) mass is 708 g/mol. The number of hydroxylamine groups is 1. The van der Waals surface area contributed by atoms with E-state index in [1.54, 1.807) is 0 Å². The maximum Gasteiger partial charge on any atom is 0.492 e. The largest absolute Gasteiger partial charge is 0.492 e. The molecule has 1 rings (SSSR count). The molecule has 1 heterocycles. The van der Waals surface area contributed by atoms with Crippen molar-refractivity contribution in [1.29, 1.82) is 0 Å². The summed E-state index contributed by atoms with van der Waals surface area (Å²) in [5, 5.41) is 12.8. The number of likely N-dealkylation sites (tertiary alicyclic amines) is 1. The van der Waals surface area contributed by atoms with Crippen LogP contribution in [0.25, 0.3) is 0 Å². The Balaban J connectivity index is 2.80. The number of nitrogens with one attached hydrogen (secondary N) is 6. The first-order chi connectivity index (χ1) is 22.7. The van der Waals surface area contributed by atoms with Crippen LogP contribution in [0.1, 0.15) is 73.6 Å². The van der Waals surface area contributed by atoms with Gasteiger partial charge in [0, 0.05) is 19.6 Å². The van der Waals surface area contributed by atoms with Crippen LogP contribution in [0.2, 0.25) is 0 Å². The minimum absolute atomic E-state index is 0.0166. The minimum Gasteiger partial charge on any atom is -0.364 e. The molecule has 280 valence electrons. The summed E-state index contributed by atoms with van der Waals surface area (Å²) in [5.74, 6) is -5.88. The van der Waals surface area contributed by atoms with Crippen molar-refractivity contribution >= 4 is 41.4 Å². The van der Waals surface area contributed by atoms with Gasteiger partial charge in [-0.3, -0.25) is 28.8 Å². The summed E-state index contributed by atoms with van der Waals surface area (Å²) in [6.45, 7) is 9.97. The number of alkyl halides is 3. The zero-order valence-corrected chi connectivity index (χ0v) is 28.8. The van der Waals surface area contributed by atoms with Gasteiger partial charge in [0.05, 0.1) is 12.6 Å². The van der Waals surface area contributed by atoms with Crippen LogP contribution in [-0.4, -0.2) is 109 Å². The van der Waals surface area contributed by atoms with Crippen LogP contribution in [-0.2, 0) is 38.4 Å². The van der Waals surface area contributed by atoms with Crippen molar-refractivity contribution in [3.63, 3.8) is 0 Å². The third kappa shape index (κ3) is 15.8. The first-order valence-electron chi connectivity index (χ1n) is 16.3. The van der Waals surface area contributed by atoms with Gasteiger partial charge in [0.25, 0.3) is 0 Å². The van der Waals surface area contributed by atoms with Gasteiger partial charge in [-0.05, 0) is 57.8 Å². The Hall–Kier alpha value is -4.00. The molecule has 0 aromatic rings. The highest BCUT2D eigenvalue weighted by molar-refractivity contribution is 5.96. The smallest absolute Gasteiger partial charge is 0.364 e. The molecule has 8 N–H and O–H groups in total. The minimum atomic E-state index is -5.14. The van der Waals surface area contributed by atoms with E-state index in [2.05, 4.69) is 31.4 Å². The lowest BCUT2D eigenvalue weighted by molar-refractivity contribution is -0.206. The Morgan fingerprint density at radius 1 is 0.816 bits per heavy atom. The van der Waals surface area contributed by atoms with Crippen molar-refractivity contribution in [2.75, 3.05) is 26.2 Å². The Morgan fingerprint density at radius 2 is 1.43 bits per heavy atom. The molecule has 16 nitrogen and oxygen atoms in total. The molecule has 19 heteroatoms. The molecule has 0 bridgehead atoms. The Morgan fingerprint density at radius 3 is 2.00 bits per heavy atom. The topological polar surface area (TPSA) is 230 Å². The fraction of sp³-hybridized carbons (Fsp3) is 0.767. The van der Waals surface area contributed by atoms with Crippen molar-refractivity contribution < 1.29 is 51.6 Å². The average molecular weight is 709 g/mol. The number of carbonyl (C=O) groups is 7. The number of carbonyl (C=O) groups excluding carboxylic acids is 7. The number of nitrogens with two attached hydrogens (primary N) is 1. The number of rotatable bonds is 19. The summed E-state index contributed by atoms with van der Waals surface area (Å²) >= 11 is 0.